The van der Waals surface area contributed by atoms with Gasteiger partial charge in [0, 0.05) is 69.3 Å². The van der Waals surface area contributed by atoms with E-state index in [2.05, 4.69) is 88.7 Å². The van der Waals surface area contributed by atoms with Crippen molar-refractivity contribution >= 4 is 23.1 Å². The molecule has 0 radical (unpaired) electrons. The lowest BCUT2D eigenvalue weighted by Crippen LogP contribution is -2.31. The molecule has 0 fully saturated rings. The highest BCUT2D eigenvalue weighted by molar-refractivity contribution is 5.90. The van der Waals surface area contributed by atoms with Crippen molar-refractivity contribution in [2.24, 2.45) is 0 Å². The van der Waals surface area contributed by atoms with Crippen molar-refractivity contribution in [3.05, 3.63) is 47.5 Å². The predicted molar refractivity (Wildman–Crippen MR) is 159 cm³/mol. The summed E-state index contributed by atoms with van der Waals surface area (Å²) in [6.45, 7) is 19.0. The summed E-state index contributed by atoms with van der Waals surface area (Å²) in [6, 6.07) is 13.4. The van der Waals surface area contributed by atoms with E-state index in [1.807, 2.05) is 0 Å². The highest BCUT2D eigenvalue weighted by Crippen LogP contribution is 2.40. The van der Waals surface area contributed by atoms with E-state index >= 15 is 0 Å². The van der Waals surface area contributed by atoms with E-state index < -0.39 is 0 Å². The van der Waals surface area contributed by atoms with Gasteiger partial charge in [-0.1, -0.05) is 38.1 Å². The van der Waals surface area contributed by atoms with E-state index in [4.69, 9.17) is 16.5 Å². The first-order valence-corrected chi connectivity index (χ1v) is 14.1. The standard InChI is InChI=1S/C30H42N8/c1-5-35-13-15-37(7-3)25-17-21(9-11-23(25)19-35)27-28(33-30(32)34-29(27)31)22-10-12-24-20-36(6-2)14-16-38(8-4)26(24)18-22/h9-12,17-18H,5-8,13-16,19-20H2,1-4H3,(H4,31,32,33,34). The third-order valence-corrected chi connectivity index (χ3v) is 8.19. The van der Waals surface area contributed by atoms with Crippen molar-refractivity contribution in [1.29, 1.82) is 0 Å². The van der Waals surface area contributed by atoms with Crippen LogP contribution in [0.25, 0.3) is 22.4 Å². The summed E-state index contributed by atoms with van der Waals surface area (Å²) >= 11 is 0. The van der Waals surface area contributed by atoms with Crippen LogP contribution in [0.3, 0.4) is 0 Å². The summed E-state index contributed by atoms with van der Waals surface area (Å²) in [5, 5.41) is 0. The molecule has 38 heavy (non-hydrogen) atoms. The number of nitrogens with two attached hydrogens (primary N) is 2. The third-order valence-electron chi connectivity index (χ3n) is 8.19. The van der Waals surface area contributed by atoms with Gasteiger partial charge >= 0.3 is 0 Å². The zero-order chi connectivity index (χ0) is 26.8. The number of aromatic nitrogens is 2. The van der Waals surface area contributed by atoms with Crippen molar-refractivity contribution in [3.63, 3.8) is 0 Å². The van der Waals surface area contributed by atoms with Gasteiger partial charge in [0.15, 0.2) is 0 Å². The Hall–Kier alpha value is -3.36. The Balaban J connectivity index is 1.63. The molecule has 2 aromatic carbocycles. The van der Waals surface area contributed by atoms with Crippen molar-refractivity contribution in [2.45, 2.75) is 40.8 Å². The van der Waals surface area contributed by atoms with Crippen molar-refractivity contribution < 1.29 is 0 Å². The van der Waals surface area contributed by atoms with Crippen LogP contribution in [-0.4, -0.2) is 72.1 Å². The molecule has 8 heteroatoms. The highest BCUT2D eigenvalue weighted by atomic mass is 15.2. The molecule has 0 aliphatic carbocycles. The number of rotatable bonds is 6. The monoisotopic (exact) mass is 514 g/mol. The van der Waals surface area contributed by atoms with Gasteiger partial charge in [0.2, 0.25) is 5.95 Å². The SMILES string of the molecule is CCN1CCN(CC)c2cc(-c3nc(N)nc(N)c3-c3ccc4c(c3)N(CC)CCN(CC)C4)ccc2C1. The van der Waals surface area contributed by atoms with Crippen LogP contribution in [-0.2, 0) is 13.1 Å². The zero-order valence-electron chi connectivity index (χ0n) is 23.4. The van der Waals surface area contributed by atoms with Gasteiger partial charge in [0.25, 0.3) is 0 Å². The second kappa shape index (κ2) is 11.2. The number of hydrogen-bond donors (Lipinski definition) is 2. The first-order valence-electron chi connectivity index (χ1n) is 14.1. The normalized spacial score (nSPS) is 16.6. The predicted octanol–water partition coefficient (Wildman–Crippen LogP) is 4.30. The Morgan fingerprint density at radius 1 is 0.658 bits per heavy atom. The van der Waals surface area contributed by atoms with Crippen LogP contribution in [0.5, 0.6) is 0 Å². The fraction of sp³-hybridized carbons (Fsp3) is 0.467. The number of nitrogens with zero attached hydrogens (tertiary/aromatic N) is 6. The molecule has 4 N–H and O–H groups in total. The smallest absolute Gasteiger partial charge is 0.222 e. The summed E-state index contributed by atoms with van der Waals surface area (Å²) in [6.07, 6.45) is 0. The van der Waals surface area contributed by atoms with Gasteiger partial charge in [0.05, 0.1) is 11.3 Å². The van der Waals surface area contributed by atoms with Gasteiger partial charge in [-0.05, 0) is 55.8 Å². The maximum absolute atomic E-state index is 6.59. The quantitative estimate of drug-likeness (QED) is 0.503. The van der Waals surface area contributed by atoms with Crippen LogP contribution in [0.1, 0.15) is 38.8 Å². The second-order valence-corrected chi connectivity index (χ2v) is 10.3. The molecule has 0 amide bonds. The number of nitrogen functional groups attached to an aromatic ring is 2. The fourth-order valence-corrected chi connectivity index (χ4v) is 5.88. The van der Waals surface area contributed by atoms with Crippen LogP contribution < -0.4 is 21.3 Å². The molecule has 0 spiro atoms. The van der Waals surface area contributed by atoms with Gasteiger partial charge in [-0.3, -0.25) is 9.80 Å². The van der Waals surface area contributed by atoms with Crippen molar-refractivity contribution in [1.82, 2.24) is 19.8 Å². The molecule has 3 heterocycles. The summed E-state index contributed by atoms with van der Waals surface area (Å²) in [4.78, 5) is 19.1. The molecule has 5 rings (SSSR count). The largest absolute Gasteiger partial charge is 0.383 e. The molecule has 202 valence electrons. The van der Waals surface area contributed by atoms with Gasteiger partial charge in [-0.2, -0.15) is 4.98 Å². The van der Waals surface area contributed by atoms with Crippen molar-refractivity contribution in [3.8, 4) is 22.4 Å². The molecule has 8 nitrogen and oxygen atoms in total. The van der Waals surface area contributed by atoms with Gasteiger partial charge < -0.3 is 21.3 Å². The topological polar surface area (TPSA) is 90.8 Å². The number of likely N-dealkylation sites (N-methyl/N-ethyl adjacent to an activating group) is 4. The summed E-state index contributed by atoms with van der Waals surface area (Å²) in [7, 11) is 0. The van der Waals surface area contributed by atoms with Crippen LogP contribution in [0, 0.1) is 0 Å². The number of hydrogen-bond acceptors (Lipinski definition) is 8. The van der Waals surface area contributed by atoms with Gasteiger partial charge in [-0.15, -0.1) is 0 Å². The Morgan fingerprint density at radius 3 is 1.71 bits per heavy atom. The molecule has 2 aliphatic heterocycles. The van der Waals surface area contributed by atoms with E-state index in [9.17, 15) is 0 Å². The van der Waals surface area contributed by atoms with E-state index in [0.717, 1.165) is 87.8 Å². The Morgan fingerprint density at radius 2 is 1.18 bits per heavy atom. The highest BCUT2D eigenvalue weighted by Gasteiger charge is 2.24. The van der Waals surface area contributed by atoms with E-state index in [1.54, 1.807) is 0 Å². The molecule has 2 aliphatic rings. The fourth-order valence-electron chi connectivity index (χ4n) is 5.88. The second-order valence-electron chi connectivity index (χ2n) is 10.3. The third kappa shape index (κ3) is 5.02. The van der Waals surface area contributed by atoms with E-state index in [0.29, 0.717) is 5.82 Å². The molecule has 3 aromatic rings. The minimum Gasteiger partial charge on any atom is -0.383 e. The van der Waals surface area contributed by atoms with E-state index in [1.165, 1.54) is 22.5 Å². The maximum Gasteiger partial charge on any atom is 0.222 e. The number of benzene rings is 2. The zero-order valence-corrected chi connectivity index (χ0v) is 23.4. The van der Waals surface area contributed by atoms with Crippen LogP contribution in [0.4, 0.5) is 23.1 Å². The Labute approximate surface area is 227 Å². The first-order chi connectivity index (χ1) is 18.4. The molecular formula is C30H42N8. The van der Waals surface area contributed by atoms with Gasteiger partial charge in [-0.25, -0.2) is 4.98 Å². The molecule has 0 saturated carbocycles. The summed E-state index contributed by atoms with van der Waals surface area (Å²) < 4.78 is 0. The minimum atomic E-state index is 0.198. The van der Waals surface area contributed by atoms with Crippen LogP contribution in [0.15, 0.2) is 36.4 Å². The Kier molecular flexibility index (Phi) is 7.72. The van der Waals surface area contributed by atoms with E-state index in [-0.39, 0.29) is 5.95 Å². The molecule has 0 unspecified atom stereocenters. The number of anilines is 4. The lowest BCUT2D eigenvalue weighted by molar-refractivity contribution is 0.293. The average Bonchev–Trinajstić information content (AvgIpc) is 3.22. The molecule has 1 aromatic heterocycles. The summed E-state index contributed by atoms with van der Waals surface area (Å²) in [5.74, 6) is 0.614. The maximum atomic E-state index is 6.59. The van der Waals surface area contributed by atoms with Gasteiger partial charge in [0.1, 0.15) is 5.82 Å². The lowest BCUT2D eigenvalue weighted by Gasteiger charge is -2.25. The first kappa shape index (κ1) is 26.3. The molecule has 0 saturated heterocycles. The minimum absolute atomic E-state index is 0.198. The van der Waals surface area contributed by atoms with Crippen LogP contribution in [0.2, 0.25) is 0 Å². The molecule has 0 bridgehead atoms. The Bertz CT molecular complexity index is 1290. The average molecular weight is 515 g/mol. The molecule has 0 atom stereocenters. The van der Waals surface area contributed by atoms with Crippen molar-refractivity contribution in [2.75, 3.05) is 73.6 Å². The molecular weight excluding hydrogens is 472 g/mol. The summed E-state index contributed by atoms with van der Waals surface area (Å²) in [5.41, 5.74) is 21.7. The number of fused-ring (bicyclic) bond motifs is 2. The lowest BCUT2D eigenvalue weighted by atomic mass is 9.96. The van der Waals surface area contributed by atoms with Crippen LogP contribution >= 0.6 is 0 Å².